The number of ether oxygens (including phenoxy) is 1. The lowest BCUT2D eigenvalue weighted by Gasteiger charge is -2.27. The molecule has 2 rings (SSSR count). The van der Waals surface area contributed by atoms with Crippen LogP contribution in [0.5, 0.6) is 0 Å². The van der Waals surface area contributed by atoms with Gasteiger partial charge in [-0.15, -0.1) is 0 Å². The first-order valence-electron chi connectivity index (χ1n) is 7.67. The van der Waals surface area contributed by atoms with Crippen molar-refractivity contribution in [2.75, 3.05) is 0 Å². The molecular formula is C18H21NO4. The summed E-state index contributed by atoms with van der Waals surface area (Å²) in [5, 5.41) is 0. The van der Waals surface area contributed by atoms with Crippen molar-refractivity contribution in [3.63, 3.8) is 0 Å². The highest BCUT2D eigenvalue weighted by atomic mass is 16.6. The van der Waals surface area contributed by atoms with E-state index in [2.05, 4.69) is 0 Å². The second-order valence-electron chi connectivity index (χ2n) is 6.11. The van der Waals surface area contributed by atoms with Crippen LogP contribution in [-0.2, 0) is 19.1 Å². The maximum Gasteiger partial charge on any atom is 0.310 e. The Labute approximate surface area is 135 Å². The van der Waals surface area contributed by atoms with Gasteiger partial charge in [0, 0.05) is 17.6 Å². The van der Waals surface area contributed by atoms with Crippen LogP contribution in [0.4, 0.5) is 0 Å². The zero-order valence-electron chi connectivity index (χ0n) is 13.8. The predicted octanol–water partition coefficient (Wildman–Crippen LogP) is 2.62. The number of rotatable bonds is 4. The third-order valence-electron chi connectivity index (χ3n) is 3.55. The van der Waals surface area contributed by atoms with Crippen LogP contribution in [0.1, 0.15) is 33.3 Å². The summed E-state index contributed by atoms with van der Waals surface area (Å²) in [4.78, 5) is 37.7. The largest absolute Gasteiger partial charge is 0.436 e. The normalized spacial score (nSPS) is 17.7. The molecule has 0 unspecified atom stereocenters. The van der Waals surface area contributed by atoms with E-state index in [1.54, 1.807) is 27.7 Å². The van der Waals surface area contributed by atoms with Gasteiger partial charge in [-0.3, -0.25) is 14.4 Å². The summed E-state index contributed by atoms with van der Waals surface area (Å²) in [6.45, 7) is 6.83. The quantitative estimate of drug-likeness (QED) is 0.801. The maximum absolute atomic E-state index is 12.4. The number of benzene rings is 1. The second kappa shape index (κ2) is 6.77. The number of carbonyl (C=O) groups excluding carboxylic acids is 3. The topological polar surface area (TPSA) is 63.7 Å². The SMILES string of the molecule is CC(C)C(=O)O[C@@H]1C(c2ccccc2)=CC(=O)N1C(=O)C(C)C. The van der Waals surface area contributed by atoms with Gasteiger partial charge in [0.1, 0.15) is 0 Å². The smallest absolute Gasteiger partial charge is 0.310 e. The Morgan fingerprint density at radius 1 is 1.04 bits per heavy atom. The average molecular weight is 315 g/mol. The molecule has 5 nitrogen and oxygen atoms in total. The Kier molecular flexibility index (Phi) is 4.98. The molecule has 0 fully saturated rings. The summed E-state index contributed by atoms with van der Waals surface area (Å²) < 4.78 is 5.47. The summed E-state index contributed by atoms with van der Waals surface area (Å²) in [6, 6.07) is 9.15. The van der Waals surface area contributed by atoms with E-state index in [-0.39, 0.29) is 17.7 Å². The molecule has 1 aromatic carbocycles. The minimum atomic E-state index is -1.00. The molecule has 122 valence electrons. The fourth-order valence-corrected chi connectivity index (χ4v) is 2.25. The van der Waals surface area contributed by atoms with E-state index in [1.165, 1.54) is 6.08 Å². The van der Waals surface area contributed by atoms with Crippen LogP contribution in [0.25, 0.3) is 5.57 Å². The molecule has 0 aliphatic carbocycles. The molecule has 0 saturated carbocycles. The van der Waals surface area contributed by atoms with Crippen LogP contribution in [-0.4, -0.2) is 28.9 Å². The lowest BCUT2D eigenvalue weighted by Crippen LogP contribution is -2.45. The molecule has 0 saturated heterocycles. The van der Waals surface area contributed by atoms with Crippen LogP contribution in [0.2, 0.25) is 0 Å². The van der Waals surface area contributed by atoms with E-state index >= 15 is 0 Å². The maximum atomic E-state index is 12.4. The van der Waals surface area contributed by atoms with Crippen LogP contribution in [0.15, 0.2) is 36.4 Å². The first kappa shape index (κ1) is 16.9. The molecule has 1 atom stereocenters. The lowest BCUT2D eigenvalue weighted by atomic mass is 10.1. The zero-order valence-corrected chi connectivity index (χ0v) is 13.8. The van der Waals surface area contributed by atoms with E-state index < -0.39 is 18.1 Å². The molecule has 0 radical (unpaired) electrons. The molecule has 1 aromatic rings. The van der Waals surface area contributed by atoms with E-state index in [0.717, 1.165) is 10.5 Å². The second-order valence-corrected chi connectivity index (χ2v) is 6.11. The molecular weight excluding hydrogens is 294 g/mol. The standard InChI is InChI=1S/C18H21NO4/c1-11(2)16(21)19-15(20)10-14(13-8-6-5-7-9-13)17(19)23-18(22)12(3)4/h5-12,17H,1-4H3/t17-/m1/s1. The number of imide groups is 1. The number of amides is 2. The average Bonchev–Trinajstić information content (AvgIpc) is 2.83. The third-order valence-corrected chi connectivity index (χ3v) is 3.55. The van der Waals surface area contributed by atoms with Crippen molar-refractivity contribution in [2.24, 2.45) is 11.8 Å². The van der Waals surface area contributed by atoms with E-state index in [4.69, 9.17) is 4.74 Å². The molecule has 1 aliphatic rings. The Morgan fingerprint density at radius 2 is 1.65 bits per heavy atom. The summed E-state index contributed by atoms with van der Waals surface area (Å²) >= 11 is 0. The van der Waals surface area contributed by atoms with Crippen molar-refractivity contribution in [3.05, 3.63) is 42.0 Å². The van der Waals surface area contributed by atoms with Gasteiger partial charge in [0.25, 0.3) is 5.91 Å². The van der Waals surface area contributed by atoms with Gasteiger partial charge < -0.3 is 4.74 Å². The minimum absolute atomic E-state index is 0.348. The Balaban J connectivity index is 2.40. The number of hydrogen-bond donors (Lipinski definition) is 0. The van der Waals surface area contributed by atoms with Crippen LogP contribution >= 0.6 is 0 Å². The van der Waals surface area contributed by atoms with Crippen LogP contribution in [0, 0.1) is 11.8 Å². The van der Waals surface area contributed by atoms with Crippen molar-refractivity contribution in [2.45, 2.75) is 33.9 Å². The highest BCUT2D eigenvalue weighted by Crippen LogP contribution is 2.31. The molecule has 0 bridgehead atoms. The van der Waals surface area contributed by atoms with E-state index in [9.17, 15) is 14.4 Å². The van der Waals surface area contributed by atoms with Gasteiger partial charge in [-0.05, 0) is 5.56 Å². The number of nitrogens with zero attached hydrogens (tertiary/aromatic N) is 1. The minimum Gasteiger partial charge on any atom is -0.436 e. The van der Waals surface area contributed by atoms with Gasteiger partial charge in [-0.2, -0.15) is 0 Å². The Bertz CT molecular complexity index is 646. The molecule has 0 aromatic heterocycles. The molecule has 5 heteroatoms. The van der Waals surface area contributed by atoms with Gasteiger partial charge in [-0.1, -0.05) is 58.0 Å². The van der Waals surface area contributed by atoms with Crippen molar-refractivity contribution in [1.29, 1.82) is 0 Å². The highest BCUT2D eigenvalue weighted by molar-refractivity contribution is 6.10. The highest BCUT2D eigenvalue weighted by Gasteiger charge is 2.41. The van der Waals surface area contributed by atoms with Crippen molar-refractivity contribution >= 4 is 23.4 Å². The lowest BCUT2D eigenvalue weighted by molar-refractivity contribution is -0.165. The van der Waals surface area contributed by atoms with Crippen LogP contribution < -0.4 is 0 Å². The predicted molar refractivity (Wildman–Crippen MR) is 85.8 cm³/mol. The van der Waals surface area contributed by atoms with E-state index in [0.29, 0.717) is 5.57 Å². The van der Waals surface area contributed by atoms with Gasteiger partial charge in [-0.25, -0.2) is 4.90 Å². The Hall–Kier alpha value is -2.43. The number of hydrogen-bond acceptors (Lipinski definition) is 4. The van der Waals surface area contributed by atoms with Crippen LogP contribution in [0.3, 0.4) is 0 Å². The van der Waals surface area contributed by atoms with Crippen molar-refractivity contribution < 1.29 is 19.1 Å². The fourth-order valence-electron chi connectivity index (χ4n) is 2.25. The van der Waals surface area contributed by atoms with E-state index in [1.807, 2.05) is 30.3 Å². The molecule has 1 heterocycles. The van der Waals surface area contributed by atoms with Gasteiger partial charge in [0.15, 0.2) is 0 Å². The molecule has 0 N–H and O–H groups in total. The zero-order chi connectivity index (χ0) is 17.1. The first-order chi connectivity index (χ1) is 10.8. The molecule has 2 amide bonds. The summed E-state index contributed by atoms with van der Waals surface area (Å²) in [5.74, 6) is -1.99. The third kappa shape index (κ3) is 3.50. The monoisotopic (exact) mass is 315 g/mol. The van der Waals surface area contributed by atoms with Crippen molar-refractivity contribution in [1.82, 2.24) is 4.90 Å². The fraction of sp³-hybridized carbons (Fsp3) is 0.389. The van der Waals surface area contributed by atoms with Gasteiger partial charge >= 0.3 is 5.97 Å². The van der Waals surface area contributed by atoms with Crippen molar-refractivity contribution in [3.8, 4) is 0 Å². The Morgan fingerprint density at radius 3 is 2.17 bits per heavy atom. The first-order valence-corrected chi connectivity index (χ1v) is 7.67. The summed E-state index contributed by atoms with van der Waals surface area (Å²) in [7, 11) is 0. The molecule has 0 spiro atoms. The summed E-state index contributed by atoms with van der Waals surface area (Å²) in [5.41, 5.74) is 1.28. The van der Waals surface area contributed by atoms with Gasteiger partial charge in [0.2, 0.25) is 12.1 Å². The van der Waals surface area contributed by atoms with Gasteiger partial charge in [0.05, 0.1) is 5.92 Å². The molecule has 23 heavy (non-hydrogen) atoms. The molecule has 1 aliphatic heterocycles. The number of carbonyl (C=O) groups is 3. The number of esters is 1. The summed E-state index contributed by atoms with van der Waals surface area (Å²) in [6.07, 6.45) is 0.364.